The van der Waals surface area contributed by atoms with Crippen molar-refractivity contribution in [3.8, 4) is 0 Å². The third kappa shape index (κ3) is 2.99. The van der Waals surface area contributed by atoms with Crippen LogP contribution in [-0.2, 0) is 11.3 Å². The van der Waals surface area contributed by atoms with Crippen LogP contribution in [0.3, 0.4) is 0 Å². The molecule has 0 radical (unpaired) electrons. The quantitative estimate of drug-likeness (QED) is 0.480. The van der Waals surface area contributed by atoms with E-state index in [1.165, 1.54) is 32.2 Å². The number of aryl methyl sites for hydroxylation is 1. The van der Waals surface area contributed by atoms with Crippen LogP contribution in [0.5, 0.6) is 0 Å². The van der Waals surface area contributed by atoms with Gasteiger partial charge in [0, 0.05) is 11.6 Å². The lowest BCUT2D eigenvalue weighted by Crippen LogP contribution is -2.20. The summed E-state index contributed by atoms with van der Waals surface area (Å²) in [5.41, 5.74) is -0.264. The molecule has 21 heavy (non-hydrogen) atoms. The topological polar surface area (TPSA) is 105 Å². The molecule has 8 heteroatoms. The van der Waals surface area contributed by atoms with Crippen LogP contribution in [-0.4, -0.2) is 22.6 Å². The first-order valence-electron chi connectivity index (χ1n) is 5.95. The fourth-order valence-corrected chi connectivity index (χ4v) is 1.81. The first-order chi connectivity index (χ1) is 9.92. The Labute approximate surface area is 118 Å². The molecule has 0 N–H and O–H groups in total. The van der Waals surface area contributed by atoms with Crippen LogP contribution in [0.4, 0.5) is 5.69 Å². The lowest BCUT2D eigenvalue weighted by atomic mass is 10.2. The number of carbonyl (C=O) groups excluding carboxylic acids is 1. The van der Waals surface area contributed by atoms with E-state index in [1.54, 1.807) is 0 Å². The molecular weight excluding hydrogens is 280 g/mol. The number of aromatic nitrogens is 1. The Kier molecular flexibility index (Phi) is 3.88. The van der Waals surface area contributed by atoms with E-state index in [-0.39, 0.29) is 23.6 Å². The van der Waals surface area contributed by atoms with Gasteiger partial charge in [-0.25, -0.2) is 4.79 Å². The summed E-state index contributed by atoms with van der Waals surface area (Å²) in [4.78, 5) is 33.4. The number of methoxy groups -OCH3 is 1. The van der Waals surface area contributed by atoms with E-state index in [2.05, 4.69) is 4.74 Å². The molecule has 8 nitrogen and oxygen atoms in total. The van der Waals surface area contributed by atoms with Crippen LogP contribution in [0.25, 0.3) is 0 Å². The molecule has 0 spiro atoms. The van der Waals surface area contributed by atoms with Gasteiger partial charge >= 0.3 is 5.97 Å². The van der Waals surface area contributed by atoms with Crippen LogP contribution in [0.1, 0.15) is 21.9 Å². The maximum atomic E-state index is 11.8. The normalized spacial score (nSPS) is 10.4. The summed E-state index contributed by atoms with van der Waals surface area (Å²) in [5, 5.41) is 10.9. The van der Waals surface area contributed by atoms with Gasteiger partial charge in [-0.15, -0.1) is 0 Å². The van der Waals surface area contributed by atoms with E-state index < -0.39 is 16.5 Å². The maximum Gasteiger partial charge on any atom is 0.373 e. The van der Waals surface area contributed by atoms with Crippen LogP contribution < -0.4 is 5.56 Å². The molecule has 0 unspecified atom stereocenters. The summed E-state index contributed by atoms with van der Waals surface area (Å²) in [5.74, 6) is -0.318. The van der Waals surface area contributed by atoms with Crippen LogP contribution >= 0.6 is 0 Å². The number of ether oxygens (including phenoxy) is 1. The van der Waals surface area contributed by atoms with Gasteiger partial charge in [-0.2, -0.15) is 0 Å². The van der Waals surface area contributed by atoms with E-state index in [4.69, 9.17) is 4.42 Å². The minimum Gasteiger partial charge on any atom is -0.463 e. The van der Waals surface area contributed by atoms with Crippen molar-refractivity contribution in [1.29, 1.82) is 0 Å². The molecule has 0 atom stereocenters. The van der Waals surface area contributed by atoms with E-state index in [1.807, 2.05) is 0 Å². The minimum absolute atomic E-state index is 0.00200. The molecule has 0 bridgehead atoms. The van der Waals surface area contributed by atoms with Gasteiger partial charge in [0.2, 0.25) is 5.76 Å². The van der Waals surface area contributed by atoms with E-state index in [0.717, 1.165) is 10.8 Å². The van der Waals surface area contributed by atoms with Crippen LogP contribution in [0.2, 0.25) is 0 Å². The summed E-state index contributed by atoms with van der Waals surface area (Å²) in [6, 6.07) is 4.10. The number of furan rings is 1. The Morgan fingerprint density at radius 3 is 2.81 bits per heavy atom. The van der Waals surface area contributed by atoms with E-state index in [9.17, 15) is 19.7 Å². The number of nitro groups is 1. The number of rotatable bonds is 4. The average Bonchev–Trinajstić information content (AvgIpc) is 2.89. The third-order valence-corrected chi connectivity index (χ3v) is 2.88. The number of hydrogen-bond donors (Lipinski definition) is 0. The zero-order chi connectivity index (χ0) is 15.6. The number of hydrogen-bond acceptors (Lipinski definition) is 6. The summed E-state index contributed by atoms with van der Waals surface area (Å²) in [6.45, 7) is 1.48. The van der Waals surface area contributed by atoms with Crippen molar-refractivity contribution in [2.75, 3.05) is 7.11 Å². The van der Waals surface area contributed by atoms with Gasteiger partial charge < -0.3 is 13.7 Å². The largest absolute Gasteiger partial charge is 0.463 e. The molecular formula is C13H12N2O6. The molecule has 2 rings (SSSR count). The first kappa shape index (κ1) is 14.5. The maximum absolute atomic E-state index is 11.8. The van der Waals surface area contributed by atoms with E-state index in [0.29, 0.717) is 5.76 Å². The Morgan fingerprint density at radius 1 is 1.48 bits per heavy atom. The Morgan fingerprint density at radius 2 is 2.19 bits per heavy atom. The van der Waals surface area contributed by atoms with E-state index >= 15 is 0 Å². The molecule has 0 aromatic carbocycles. The molecule has 0 aliphatic heterocycles. The predicted octanol–water partition coefficient (Wildman–Crippen LogP) is 1.49. The van der Waals surface area contributed by atoms with Gasteiger partial charge in [0.15, 0.2) is 0 Å². The lowest BCUT2D eigenvalue weighted by molar-refractivity contribution is -0.385. The highest BCUT2D eigenvalue weighted by Crippen LogP contribution is 2.16. The summed E-state index contributed by atoms with van der Waals surface area (Å²) >= 11 is 0. The SMILES string of the molecule is COC(=O)c1ccc(Cn2cc([N+](=O)[O-])c(C)cc2=O)o1. The molecule has 2 aromatic rings. The van der Waals surface area contributed by atoms with Crippen molar-refractivity contribution in [3.05, 3.63) is 61.9 Å². The number of nitrogens with zero attached hydrogens (tertiary/aromatic N) is 2. The fraction of sp³-hybridized carbons (Fsp3) is 0.231. The minimum atomic E-state index is -0.636. The molecule has 0 saturated carbocycles. The Bertz CT molecular complexity index is 758. The van der Waals surface area contributed by atoms with Crippen molar-refractivity contribution < 1.29 is 18.9 Å². The molecule has 0 saturated heterocycles. The predicted molar refractivity (Wildman–Crippen MR) is 71.2 cm³/mol. The Hall–Kier alpha value is -2.90. The van der Waals surface area contributed by atoms with Crippen LogP contribution in [0.15, 0.2) is 33.6 Å². The Balaban J connectivity index is 2.33. The fourth-order valence-electron chi connectivity index (χ4n) is 1.81. The van der Waals surface area contributed by atoms with Gasteiger partial charge in [0.25, 0.3) is 11.2 Å². The monoisotopic (exact) mass is 292 g/mol. The number of pyridine rings is 1. The summed E-state index contributed by atoms with van der Waals surface area (Å²) in [6.07, 6.45) is 1.15. The van der Waals surface area contributed by atoms with Gasteiger partial charge in [-0.3, -0.25) is 14.9 Å². The molecule has 0 fully saturated rings. The first-order valence-corrected chi connectivity index (χ1v) is 5.95. The second-order valence-electron chi connectivity index (χ2n) is 4.32. The third-order valence-electron chi connectivity index (χ3n) is 2.88. The van der Waals surface area contributed by atoms with Gasteiger partial charge in [-0.1, -0.05) is 0 Å². The number of carbonyl (C=O) groups is 1. The molecule has 110 valence electrons. The lowest BCUT2D eigenvalue weighted by Gasteiger charge is -2.04. The smallest absolute Gasteiger partial charge is 0.373 e. The molecule has 2 aromatic heterocycles. The number of esters is 1. The van der Waals surface area contributed by atoms with Crippen molar-refractivity contribution >= 4 is 11.7 Å². The van der Waals surface area contributed by atoms with Gasteiger partial charge in [0.1, 0.15) is 5.76 Å². The molecule has 2 heterocycles. The standard InChI is InChI=1S/C13H12N2O6/c1-8-5-12(16)14(7-10(8)15(18)19)6-9-3-4-11(21-9)13(17)20-2/h3-5,7H,6H2,1-2H3. The average molecular weight is 292 g/mol. The highest BCUT2D eigenvalue weighted by atomic mass is 16.6. The molecule has 0 aliphatic carbocycles. The van der Waals surface area contributed by atoms with Crippen molar-refractivity contribution in [2.45, 2.75) is 13.5 Å². The second-order valence-corrected chi connectivity index (χ2v) is 4.32. The highest BCUT2D eigenvalue weighted by Gasteiger charge is 2.15. The van der Waals surface area contributed by atoms with Gasteiger partial charge in [0.05, 0.1) is 24.8 Å². The molecule has 0 aliphatic rings. The van der Waals surface area contributed by atoms with Crippen molar-refractivity contribution in [3.63, 3.8) is 0 Å². The zero-order valence-electron chi connectivity index (χ0n) is 11.4. The zero-order valence-corrected chi connectivity index (χ0v) is 11.4. The highest BCUT2D eigenvalue weighted by molar-refractivity contribution is 5.86. The summed E-state index contributed by atoms with van der Waals surface area (Å²) < 4.78 is 10.9. The second kappa shape index (κ2) is 5.61. The summed E-state index contributed by atoms with van der Waals surface area (Å²) in [7, 11) is 1.22. The van der Waals surface area contributed by atoms with Gasteiger partial charge in [-0.05, 0) is 19.1 Å². The van der Waals surface area contributed by atoms with Crippen molar-refractivity contribution in [1.82, 2.24) is 4.57 Å². The molecule has 0 amide bonds. The van der Waals surface area contributed by atoms with Crippen molar-refractivity contribution in [2.24, 2.45) is 0 Å². The van der Waals surface area contributed by atoms with Crippen LogP contribution in [0, 0.1) is 17.0 Å².